The van der Waals surface area contributed by atoms with Gasteiger partial charge in [-0.15, -0.1) is 0 Å². The molecule has 0 saturated carbocycles. The Labute approximate surface area is 93.7 Å². The molecule has 0 amide bonds. The summed E-state index contributed by atoms with van der Waals surface area (Å²) in [5, 5.41) is 0. The zero-order chi connectivity index (χ0) is 11.4. The largest absolute Gasteiger partial charge is 0.0608 e. The highest BCUT2D eigenvalue weighted by Crippen LogP contribution is 2.53. The van der Waals surface area contributed by atoms with Gasteiger partial charge in [0.15, 0.2) is 0 Å². The minimum absolute atomic E-state index is 0.310. The van der Waals surface area contributed by atoms with Crippen LogP contribution in [0.1, 0.15) is 51.3 Å². The van der Waals surface area contributed by atoms with Crippen LogP contribution in [0.2, 0.25) is 0 Å². The summed E-state index contributed by atoms with van der Waals surface area (Å²) < 4.78 is 0. The molecule has 2 rings (SSSR count). The number of hydrogen-bond acceptors (Lipinski definition) is 0. The van der Waals surface area contributed by atoms with Crippen LogP contribution in [-0.2, 0) is 10.8 Å². The number of hydrogen-bond donors (Lipinski definition) is 0. The number of aryl methyl sites for hydroxylation is 1. The predicted octanol–water partition coefficient (Wildman–Crippen LogP) is 4.20. The molecule has 1 aromatic carbocycles. The Balaban J connectivity index is 2.71. The lowest BCUT2D eigenvalue weighted by atomic mass is 9.71. The minimum atomic E-state index is 0.310. The van der Waals surface area contributed by atoms with Crippen LogP contribution in [0, 0.1) is 12.8 Å². The van der Waals surface area contributed by atoms with E-state index in [2.05, 4.69) is 59.7 Å². The smallest absolute Gasteiger partial charge is 0.00666 e. The van der Waals surface area contributed by atoms with Gasteiger partial charge in [0.1, 0.15) is 0 Å². The lowest BCUT2D eigenvalue weighted by molar-refractivity contribution is 0.264. The Bertz CT molecular complexity index is 396. The molecule has 82 valence electrons. The Kier molecular flexibility index (Phi) is 2.05. The van der Waals surface area contributed by atoms with Gasteiger partial charge in [-0.1, -0.05) is 58.4 Å². The van der Waals surface area contributed by atoms with Gasteiger partial charge in [0.05, 0.1) is 0 Å². The molecule has 0 nitrogen and oxygen atoms in total. The maximum Gasteiger partial charge on any atom is -0.00666 e. The maximum atomic E-state index is 2.38. The molecule has 0 radical (unpaired) electrons. The molecule has 0 spiro atoms. The van der Waals surface area contributed by atoms with Crippen LogP contribution in [0.4, 0.5) is 0 Å². The first-order chi connectivity index (χ1) is 6.78. The molecule has 0 bridgehead atoms. The quantitative estimate of drug-likeness (QED) is 0.591. The second-order valence-corrected chi connectivity index (χ2v) is 6.21. The van der Waals surface area contributed by atoms with Crippen LogP contribution in [0.25, 0.3) is 0 Å². The fourth-order valence-electron chi connectivity index (χ4n) is 3.12. The normalized spacial score (nSPS) is 26.4. The molecular weight excluding hydrogens is 180 g/mol. The Morgan fingerprint density at radius 3 is 2.07 bits per heavy atom. The summed E-state index contributed by atoms with van der Waals surface area (Å²) in [6.07, 6.45) is 0. The number of benzene rings is 1. The van der Waals surface area contributed by atoms with E-state index in [-0.39, 0.29) is 0 Å². The van der Waals surface area contributed by atoms with Gasteiger partial charge in [0, 0.05) is 0 Å². The zero-order valence-corrected chi connectivity index (χ0v) is 10.8. The van der Waals surface area contributed by atoms with Gasteiger partial charge in [-0.05, 0) is 34.8 Å². The van der Waals surface area contributed by atoms with Crippen LogP contribution in [0.15, 0.2) is 18.2 Å². The van der Waals surface area contributed by atoms with Crippen LogP contribution >= 0.6 is 0 Å². The van der Waals surface area contributed by atoms with Crippen molar-refractivity contribution in [3.63, 3.8) is 0 Å². The highest BCUT2D eigenvalue weighted by atomic mass is 14.5. The molecule has 0 heterocycles. The van der Waals surface area contributed by atoms with Gasteiger partial charge in [-0.2, -0.15) is 0 Å². The van der Waals surface area contributed by atoms with E-state index in [0.717, 1.165) is 0 Å². The first kappa shape index (κ1) is 10.7. The van der Waals surface area contributed by atoms with E-state index in [9.17, 15) is 0 Å². The first-order valence-corrected chi connectivity index (χ1v) is 5.89. The number of fused-ring (bicyclic) bond motifs is 1. The predicted molar refractivity (Wildman–Crippen MR) is 66.4 cm³/mol. The third kappa shape index (κ3) is 1.27. The molecule has 1 aliphatic carbocycles. The molecule has 1 aromatic rings. The topological polar surface area (TPSA) is 0 Å². The standard InChI is InChI=1S/C15H22/c1-10-7-8-12-13(9-10)15(5,6)11(2)14(12,3)4/h7-9,11H,1-6H3. The summed E-state index contributed by atoms with van der Waals surface area (Å²) in [4.78, 5) is 0. The van der Waals surface area contributed by atoms with Gasteiger partial charge in [0.2, 0.25) is 0 Å². The SMILES string of the molecule is Cc1ccc2c(c1)C(C)(C)C(C)C2(C)C. The highest BCUT2D eigenvalue weighted by molar-refractivity contribution is 5.47. The second kappa shape index (κ2) is 2.87. The van der Waals surface area contributed by atoms with Crippen LogP contribution in [0.5, 0.6) is 0 Å². The molecule has 15 heavy (non-hydrogen) atoms. The molecule has 0 N–H and O–H groups in total. The fraction of sp³-hybridized carbons (Fsp3) is 0.600. The summed E-state index contributed by atoms with van der Waals surface area (Å²) >= 11 is 0. The van der Waals surface area contributed by atoms with Gasteiger partial charge >= 0.3 is 0 Å². The van der Waals surface area contributed by atoms with E-state index in [0.29, 0.717) is 16.7 Å². The molecule has 0 aliphatic heterocycles. The van der Waals surface area contributed by atoms with Crippen molar-refractivity contribution in [2.24, 2.45) is 5.92 Å². The third-order valence-corrected chi connectivity index (χ3v) is 4.73. The van der Waals surface area contributed by atoms with Crippen molar-refractivity contribution in [2.75, 3.05) is 0 Å². The molecule has 0 saturated heterocycles. The lowest BCUT2D eigenvalue weighted by Gasteiger charge is -2.32. The van der Waals surface area contributed by atoms with Crippen molar-refractivity contribution < 1.29 is 0 Å². The van der Waals surface area contributed by atoms with Crippen molar-refractivity contribution in [1.82, 2.24) is 0 Å². The summed E-state index contributed by atoms with van der Waals surface area (Å²) in [5.74, 6) is 0.696. The minimum Gasteiger partial charge on any atom is -0.0608 e. The van der Waals surface area contributed by atoms with Gasteiger partial charge in [0.25, 0.3) is 0 Å². The van der Waals surface area contributed by atoms with Crippen molar-refractivity contribution >= 4 is 0 Å². The molecule has 1 unspecified atom stereocenters. The molecule has 0 heteroatoms. The molecule has 1 atom stereocenters. The monoisotopic (exact) mass is 202 g/mol. The lowest BCUT2D eigenvalue weighted by Crippen LogP contribution is -2.30. The first-order valence-electron chi connectivity index (χ1n) is 5.89. The van der Waals surface area contributed by atoms with Gasteiger partial charge < -0.3 is 0 Å². The average molecular weight is 202 g/mol. The van der Waals surface area contributed by atoms with Crippen molar-refractivity contribution in [2.45, 2.75) is 52.4 Å². The maximum absolute atomic E-state index is 2.38. The van der Waals surface area contributed by atoms with E-state index < -0.39 is 0 Å². The average Bonchev–Trinajstić information content (AvgIpc) is 2.26. The van der Waals surface area contributed by atoms with E-state index in [4.69, 9.17) is 0 Å². The van der Waals surface area contributed by atoms with Gasteiger partial charge in [-0.3, -0.25) is 0 Å². The zero-order valence-electron chi connectivity index (χ0n) is 10.8. The van der Waals surface area contributed by atoms with Crippen molar-refractivity contribution in [1.29, 1.82) is 0 Å². The summed E-state index contributed by atoms with van der Waals surface area (Å²) in [6, 6.07) is 6.95. The fourth-order valence-corrected chi connectivity index (χ4v) is 3.12. The Morgan fingerprint density at radius 1 is 0.933 bits per heavy atom. The Hall–Kier alpha value is -0.780. The van der Waals surface area contributed by atoms with E-state index in [1.54, 1.807) is 11.1 Å². The van der Waals surface area contributed by atoms with E-state index in [1.807, 2.05) is 0 Å². The second-order valence-electron chi connectivity index (χ2n) is 6.21. The van der Waals surface area contributed by atoms with Gasteiger partial charge in [-0.25, -0.2) is 0 Å². The molecular formula is C15H22. The summed E-state index contributed by atoms with van der Waals surface area (Å²) in [7, 11) is 0. The Morgan fingerprint density at radius 2 is 1.47 bits per heavy atom. The number of rotatable bonds is 0. The highest BCUT2D eigenvalue weighted by Gasteiger charge is 2.48. The van der Waals surface area contributed by atoms with E-state index >= 15 is 0 Å². The summed E-state index contributed by atoms with van der Waals surface area (Å²) in [6.45, 7) is 14.1. The molecule has 0 aromatic heterocycles. The summed E-state index contributed by atoms with van der Waals surface area (Å²) in [5.41, 5.74) is 5.11. The third-order valence-electron chi connectivity index (χ3n) is 4.73. The van der Waals surface area contributed by atoms with Crippen LogP contribution in [-0.4, -0.2) is 0 Å². The van der Waals surface area contributed by atoms with Crippen LogP contribution < -0.4 is 0 Å². The van der Waals surface area contributed by atoms with Crippen LogP contribution in [0.3, 0.4) is 0 Å². The molecule has 1 aliphatic rings. The van der Waals surface area contributed by atoms with Crippen molar-refractivity contribution in [3.05, 3.63) is 34.9 Å². The van der Waals surface area contributed by atoms with Crippen molar-refractivity contribution in [3.8, 4) is 0 Å². The molecule has 0 fully saturated rings. The van der Waals surface area contributed by atoms with E-state index in [1.165, 1.54) is 5.56 Å².